The predicted octanol–water partition coefficient (Wildman–Crippen LogP) is 4.93. The van der Waals surface area contributed by atoms with E-state index in [1.807, 2.05) is 13.0 Å². The summed E-state index contributed by atoms with van der Waals surface area (Å²) in [4.78, 5) is 10.3. The summed E-state index contributed by atoms with van der Waals surface area (Å²) in [5.41, 5.74) is 6.77. The van der Waals surface area contributed by atoms with Gasteiger partial charge in [0.1, 0.15) is 11.5 Å². The van der Waals surface area contributed by atoms with Crippen molar-refractivity contribution in [2.75, 3.05) is 0 Å². The molecule has 110 valence electrons. The second kappa shape index (κ2) is 6.55. The van der Waals surface area contributed by atoms with Gasteiger partial charge in [0.25, 0.3) is 5.69 Å². The monoisotopic (exact) mass is 414 g/mol. The van der Waals surface area contributed by atoms with Crippen LogP contribution in [0.15, 0.2) is 45.3 Å². The summed E-state index contributed by atoms with van der Waals surface area (Å²) in [5, 5.41) is 10.8. The number of benzene rings is 2. The normalized spacial score (nSPS) is 12.0. The second-order valence-corrected chi connectivity index (χ2v) is 6.15. The molecule has 0 aliphatic heterocycles. The first-order chi connectivity index (χ1) is 9.88. The van der Waals surface area contributed by atoms with Gasteiger partial charge in [-0.05, 0) is 46.6 Å². The van der Waals surface area contributed by atoms with E-state index >= 15 is 0 Å². The standard InChI is InChI=1S/C14H12Br2N2O3/c1-8(17)11-4-3-10(7-13(11)16)21-14-6-9(18(19)20)2-5-12(14)15/h2-8H,17H2,1H3/t8-/m1/s1. The Balaban J connectivity index is 2.32. The lowest BCUT2D eigenvalue weighted by atomic mass is 10.1. The van der Waals surface area contributed by atoms with Crippen LogP contribution in [0.2, 0.25) is 0 Å². The van der Waals surface area contributed by atoms with E-state index in [1.54, 1.807) is 18.2 Å². The molecule has 2 aromatic rings. The third-order valence-electron chi connectivity index (χ3n) is 2.82. The molecule has 0 radical (unpaired) electrons. The van der Waals surface area contributed by atoms with Crippen molar-refractivity contribution in [3.05, 3.63) is 61.0 Å². The highest BCUT2D eigenvalue weighted by atomic mass is 79.9. The average Bonchev–Trinajstić information content (AvgIpc) is 2.40. The van der Waals surface area contributed by atoms with Gasteiger partial charge >= 0.3 is 0 Å². The summed E-state index contributed by atoms with van der Waals surface area (Å²) in [7, 11) is 0. The SMILES string of the molecule is C[C@@H](N)c1ccc(Oc2cc([N+](=O)[O-])ccc2Br)cc1Br. The van der Waals surface area contributed by atoms with Crippen molar-refractivity contribution in [1.29, 1.82) is 0 Å². The first kappa shape index (κ1) is 15.9. The summed E-state index contributed by atoms with van der Waals surface area (Å²) >= 11 is 6.75. The maximum atomic E-state index is 10.8. The number of nitrogens with zero attached hydrogens (tertiary/aromatic N) is 1. The minimum absolute atomic E-state index is 0.0283. The largest absolute Gasteiger partial charge is 0.456 e. The maximum Gasteiger partial charge on any atom is 0.273 e. The van der Waals surface area contributed by atoms with Crippen LogP contribution in [0.5, 0.6) is 11.5 Å². The van der Waals surface area contributed by atoms with Crippen LogP contribution in [0.25, 0.3) is 0 Å². The molecule has 0 aliphatic rings. The van der Waals surface area contributed by atoms with Gasteiger partial charge in [-0.3, -0.25) is 10.1 Å². The van der Waals surface area contributed by atoms with E-state index in [2.05, 4.69) is 31.9 Å². The van der Waals surface area contributed by atoms with E-state index in [4.69, 9.17) is 10.5 Å². The highest BCUT2D eigenvalue weighted by molar-refractivity contribution is 9.10. The number of hydrogen-bond donors (Lipinski definition) is 1. The van der Waals surface area contributed by atoms with Gasteiger partial charge in [0.05, 0.1) is 15.5 Å². The minimum atomic E-state index is -0.464. The van der Waals surface area contributed by atoms with Crippen LogP contribution in [-0.2, 0) is 0 Å². The van der Waals surface area contributed by atoms with E-state index in [0.29, 0.717) is 16.0 Å². The molecule has 0 heterocycles. The first-order valence-corrected chi connectivity index (χ1v) is 7.64. The lowest BCUT2D eigenvalue weighted by Crippen LogP contribution is -2.05. The second-order valence-electron chi connectivity index (χ2n) is 4.45. The van der Waals surface area contributed by atoms with Crippen LogP contribution in [0, 0.1) is 10.1 Å². The smallest absolute Gasteiger partial charge is 0.273 e. The molecule has 1 atom stereocenters. The molecule has 0 fully saturated rings. The third-order valence-corrected chi connectivity index (χ3v) is 4.16. The van der Waals surface area contributed by atoms with Gasteiger partial charge in [-0.2, -0.15) is 0 Å². The molecular weight excluding hydrogens is 404 g/mol. The van der Waals surface area contributed by atoms with Crippen molar-refractivity contribution in [1.82, 2.24) is 0 Å². The third kappa shape index (κ3) is 3.81. The van der Waals surface area contributed by atoms with Gasteiger partial charge in [-0.25, -0.2) is 0 Å². The molecule has 0 bridgehead atoms. The van der Waals surface area contributed by atoms with Crippen LogP contribution < -0.4 is 10.5 Å². The lowest BCUT2D eigenvalue weighted by Gasteiger charge is -2.12. The Bertz CT molecular complexity index is 690. The van der Waals surface area contributed by atoms with Crippen LogP contribution >= 0.6 is 31.9 Å². The highest BCUT2D eigenvalue weighted by Crippen LogP contribution is 2.35. The zero-order valence-corrected chi connectivity index (χ0v) is 14.2. The van der Waals surface area contributed by atoms with Crippen molar-refractivity contribution in [3.8, 4) is 11.5 Å². The molecule has 0 aliphatic carbocycles. The Kier molecular flexibility index (Phi) is 4.97. The number of rotatable bonds is 4. The van der Waals surface area contributed by atoms with E-state index < -0.39 is 4.92 Å². The van der Waals surface area contributed by atoms with Gasteiger partial charge < -0.3 is 10.5 Å². The van der Waals surface area contributed by atoms with E-state index in [-0.39, 0.29) is 11.7 Å². The molecule has 5 nitrogen and oxygen atoms in total. The number of nitro groups is 1. The number of ether oxygens (including phenoxy) is 1. The summed E-state index contributed by atoms with van der Waals surface area (Å²) < 4.78 is 7.16. The molecule has 0 amide bonds. The van der Waals surface area contributed by atoms with E-state index in [9.17, 15) is 10.1 Å². The molecule has 2 aromatic carbocycles. The van der Waals surface area contributed by atoms with Crippen LogP contribution in [0.3, 0.4) is 0 Å². The van der Waals surface area contributed by atoms with Gasteiger partial charge in [0, 0.05) is 16.6 Å². The fourth-order valence-corrected chi connectivity index (χ4v) is 2.80. The Morgan fingerprint density at radius 3 is 2.48 bits per heavy atom. The summed E-state index contributed by atoms with van der Waals surface area (Å²) in [5.74, 6) is 0.942. The van der Waals surface area contributed by atoms with Crippen LogP contribution in [-0.4, -0.2) is 4.92 Å². The maximum absolute atomic E-state index is 10.8. The van der Waals surface area contributed by atoms with Crippen molar-refractivity contribution < 1.29 is 9.66 Å². The molecule has 0 unspecified atom stereocenters. The number of halogens is 2. The molecular formula is C14H12Br2N2O3. The van der Waals surface area contributed by atoms with Gasteiger partial charge in [-0.1, -0.05) is 22.0 Å². The molecule has 7 heteroatoms. The highest BCUT2D eigenvalue weighted by Gasteiger charge is 2.12. The molecule has 2 N–H and O–H groups in total. The van der Waals surface area contributed by atoms with Crippen molar-refractivity contribution in [2.45, 2.75) is 13.0 Å². The zero-order valence-electron chi connectivity index (χ0n) is 11.0. The number of hydrogen-bond acceptors (Lipinski definition) is 4. The van der Waals surface area contributed by atoms with Crippen molar-refractivity contribution >= 4 is 37.5 Å². The van der Waals surface area contributed by atoms with E-state index in [0.717, 1.165) is 10.0 Å². The summed E-state index contributed by atoms with van der Waals surface area (Å²) in [6.07, 6.45) is 0. The Morgan fingerprint density at radius 1 is 1.19 bits per heavy atom. The Labute approximate surface area is 138 Å². The van der Waals surface area contributed by atoms with Gasteiger partial charge in [-0.15, -0.1) is 0 Å². The molecule has 0 saturated carbocycles. The molecule has 0 spiro atoms. The molecule has 2 rings (SSSR count). The first-order valence-electron chi connectivity index (χ1n) is 6.05. The zero-order chi connectivity index (χ0) is 15.6. The predicted molar refractivity (Wildman–Crippen MR) is 87.6 cm³/mol. The fourth-order valence-electron chi connectivity index (χ4n) is 1.75. The van der Waals surface area contributed by atoms with Crippen molar-refractivity contribution in [2.24, 2.45) is 5.73 Å². The lowest BCUT2D eigenvalue weighted by molar-refractivity contribution is -0.384. The summed E-state index contributed by atoms with van der Waals surface area (Å²) in [6, 6.07) is 9.68. The molecule has 0 saturated heterocycles. The van der Waals surface area contributed by atoms with Gasteiger partial charge in [0.15, 0.2) is 0 Å². The molecule has 21 heavy (non-hydrogen) atoms. The quantitative estimate of drug-likeness (QED) is 0.567. The number of nitrogens with two attached hydrogens (primary N) is 1. The molecule has 0 aromatic heterocycles. The number of nitro benzene ring substituents is 1. The van der Waals surface area contributed by atoms with Crippen LogP contribution in [0.4, 0.5) is 5.69 Å². The minimum Gasteiger partial charge on any atom is -0.456 e. The topological polar surface area (TPSA) is 78.4 Å². The fraction of sp³-hybridized carbons (Fsp3) is 0.143. The Morgan fingerprint density at radius 2 is 1.90 bits per heavy atom. The van der Waals surface area contributed by atoms with E-state index in [1.165, 1.54) is 12.1 Å². The van der Waals surface area contributed by atoms with Crippen molar-refractivity contribution in [3.63, 3.8) is 0 Å². The van der Waals surface area contributed by atoms with Crippen LogP contribution in [0.1, 0.15) is 18.5 Å². The number of non-ortho nitro benzene ring substituents is 1. The Hall–Kier alpha value is -1.44. The summed E-state index contributed by atoms with van der Waals surface area (Å²) in [6.45, 7) is 1.89. The average molecular weight is 416 g/mol. The van der Waals surface area contributed by atoms with Gasteiger partial charge in [0.2, 0.25) is 0 Å².